The van der Waals surface area contributed by atoms with Crippen LogP contribution in [0.15, 0.2) is 6.07 Å². The predicted octanol–water partition coefficient (Wildman–Crippen LogP) is 3.34. The molecule has 0 spiro atoms. The summed E-state index contributed by atoms with van der Waals surface area (Å²) in [5.41, 5.74) is 2.33. The number of nitrogens with one attached hydrogen (secondary N) is 1. The Morgan fingerprint density at radius 2 is 2.05 bits per heavy atom. The number of likely N-dealkylation sites (N-methyl/N-ethyl adjacent to an activating group) is 1. The lowest BCUT2D eigenvalue weighted by atomic mass is 9.83. The van der Waals surface area contributed by atoms with Crippen LogP contribution in [0.2, 0.25) is 0 Å². The van der Waals surface area contributed by atoms with E-state index in [1.807, 2.05) is 0 Å². The summed E-state index contributed by atoms with van der Waals surface area (Å²) in [4.78, 5) is 11.9. The van der Waals surface area contributed by atoms with Gasteiger partial charge < -0.3 is 5.32 Å². The van der Waals surface area contributed by atoms with E-state index in [4.69, 9.17) is 4.98 Å². The fraction of sp³-hybridized carbons (Fsp3) is 0.765. The molecule has 2 heterocycles. The number of nitrogens with zero attached hydrogens (tertiary/aromatic N) is 3. The molecule has 0 radical (unpaired) electrons. The fourth-order valence-corrected chi connectivity index (χ4v) is 3.50. The maximum atomic E-state index is 4.75. The lowest BCUT2D eigenvalue weighted by Crippen LogP contribution is -2.43. The molecule has 1 N–H and O–H groups in total. The van der Waals surface area contributed by atoms with E-state index >= 15 is 0 Å². The van der Waals surface area contributed by atoms with Gasteiger partial charge in [0.05, 0.1) is 0 Å². The second kappa shape index (κ2) is 6.73. The van der Waals surface area contributed by atoms with Gasteiger partial charge >= 0.3 is 0 Å². The number of hydrogen-bond acceptors (Lipinski definition) is 4. The largest absolute Gasteiger partial charge is 0.353 e. The monoisotopic (exact) mass is 288 g/mol. The summed E-state index contributed by atoms with van der Waals surface area (Å²) < 4.78 is 0. The Hall–Kier alpha value is -1.16. The number of likely N-dealkylation sites (tertiary alicyclic amines) is 1. The molecular formula is C17H28N4. The average Bonchev–Trinajstić information content (AvgIpc) is 2.43. The second-order valence-corrected chi connectivity index (χ2v) is 6.54. The average molecular weight is 288 g/mol. The van der Waals surface area contributed by atoms with Crippen molar-refractivity contribution in [3.63, 3.8) is 0 Å². The Balaban J connectivity index is 1.62. The van der Waals surface area contributed by atoms with E-state index in [1.54, 1.807) is 0 Å². The third kappa shape index (κ3) is 3.54. The van der Waals surface area contributed by atoms with E-state index < -0.39 is 0 Å². The lowest BCUT2D eigenvalue weighted by molar-refractivity contribution is 0.164. The van der Waals surface area contributed by atoms with Crippen LogP contribution in [-0.2, 0) is 0 Å². The maximum absolute atomic E-state index is 4.75. The van der Waals surface area contributed by atoms with Crippen molar-refractivity contribution in [2.24, 2.45) is 0 Å². The molecule has 1 saturated heterocycles. The van der Waals surface area contributed by atoms with Gasteiger partial charge in [0.15, 0.2) is 0 Å². The summed E-state index contributed by atoms with van der Waals surface area (Å²) in [6.45, 7) is 7.70. The minimum Gasteiger partial charge on any atom is -0.353 e. The van der Waals surface area contributed by atoms with Crippen molar-refractivity contribution in [2.45, 2.75) is 64.3 Å². The van der Waals surface area contributed by atoms with E-state index in [-0.39, 0.29) is 0 Å². The summed E-state index contributed by atoms with van der Waals surface area (Å²) in [7, 11) is 0. The van der Waals surface area contributed by atoms with Crippen molar-refractivity contribution in [1.82, 2.24) is 14.9 Å². The number of anilines is 1. The van der Waals surface area contributed by atoms with Gasteiger partial charge in [-0.3, -0.25) is 4.90 Å². The van der Waals surface area contributed by atoms with E-state index in [1.165, 1.54) is 50.8 Å². The molecule has 0 amide bonds. The van der Waals surface area contributed by atoms with Gasteiger partial charge in [0.2, 0.25) is 5.95 Å². The van der Waals surface area contributed by atoms with Crippen molar-refractivity contribution >= 4 is 5.95 Å². The summed E-state index contributed by atoms with van der Waals surface area (Å²) in [6, 6.07) is 2.80. The van der Waals surface area contributed by atoms with Crippen LogP contribution in [0.1, 0.15) is 62.8 Å². The molecular weight excluding hydrogens is 260 g/mol. The quantitative estimate of drug-likeness (QED) is 0.902. The second-order valence-electron chi connectivity index (χ2n) is 6.54. The molecule has 1 unspecified atom stereocenters. The Morgan fingerprint density at radius 1 is 1.19 bits per heavy atom. The standard InChI is InChI=1S/C17H28N4/c1-3-21-10-5-4-9-15(21)12-18-17-19-13(2)11-16(20-17)14-7-6-8-14/h11,14-15H,3-10,12H2,1-2H3,(H,18,19,20). The van der Waals surface area contributed by atoms with Crippen LogP contribution < -0.4 is 5.32 Å². The number of aromatic nitrogens is 2. The van der Waals surface area contributed by atoms with Crippen molar-refractivity contribution in [3.8, 4) is 0 Å². The molecule has 1 aliphatic carbocycles. The molecule has 1 saturated carbocycles. The molecule has 0 bridgehead atoms. The molecule has 1 aromatic rings. The molecule has 21 heavy (non-hydrogen) atoms. The van der Waals surface area contributed by atoms with E-state index in [0.717, 1.165) is 24.7 Å². The Labute approximate surface area is 128 Å². The normalized spacial score (nSPS) is 23.8. The molecule has 1 aliphatic heterocycles. The first-order valence-corrected chi connectivity index (χ1v) is 8.59. The number of piperidine rings is 1. The minimum atomic E-state index is 0.639. The Bertz CT molecular complexity index is 470. The predicted molar refractivity (Wildman–Crippen MR) is 86.7 cm³/mol. The van der Waals surface area contributed by atoms with Crippen molar-refractivity contribution in [2.75, 3.05) is 25.0 Å². The molecule has 1 aromatic heterocycles. The highest BCUT2D eigenvalue weighted by Gasteiger charge is 2.23. The topological polar surface area (TPSA) is 41.0 Å². The smallest absolute Gasteiger partial charge is 0.223 e. The first-order valence-electron chi connectivity index (χ1n) is 8.59. The molecule has 0 aromatic carbocycles. The third-order valence-electron chi connectivity index (χ3n) is 5.05. The van der Waals surface area contributed by atoms with Gasteiger partial charge in [-0.2, -0.15) is 0 Å². The van der Waals surface area contributed by atoms with Crippen molar-refractivity contribution < 1.29 is 0 Å². The summed E-state index contributed by atoms with van der Waals surface area (Å²) >= 11 is 0. The summed E-state index contributed by atoms with van der Waals surface area (Å²) in [5, 5.41) is 3.50. The van der Waals surface area contributed by atoms with Crippen LogP contribution in [0, 0.1) is 6.92 Å². The van der Waals surface area contributed by atoms with E-state index in [2.05, 4.69) is 35.1 Å². The van der Waals surface area contributed by atoms with Crippen LogP contribution in [0.3, 0.4) is 0 Å². The molecule has 116 valence electrons. The van der Waals surface area contributed by atoms with Crippen LogP contribution in [-0.4, -0.2) is 40.5 Å². The first kappa shape index (κ1) is 14.8. The van der Waals surface area contributed by atoms with Gasteiger partial charge in [-0.1, -0.05) is 19.8 Å². The zero-order valence-corrected chi connectivity index (χ0v) is 13.4. The van der Waals surface area contributed by atoms with Crippen molar-refractivity contribution in [3.05, 3.63) is 17.5 Å². The maximum Gasteiger partial charge on any atom is 0.223 e. The summed E-state index contributed by atoms with van der Waals surface area (Å²) in [6.07, 6.45) is 7.93. The number of aryl methyl sites for hydroxylation is 1. The lowest BCUT2D eigenvalue weighted by Gasteiger charge is -2.35. The van der Waals surface area contributed by atoms with Gasteiger partial charge in [-0.15, -0.1) is 0 Å². The number of rotatable bonds is 5. The van der Waals surface area contributed by atoms with Gasteiger partial charge in [-0.25, -0.2) is 9.97 Å². The summed E-state index contributed by atoms with van der Waals surface area (Å²) in [5.74, 6) is 1.51. The Morgan fingerprint density at radius 3 is 2.76 bits per heavy atom. The van der Waals surface area contributed by atoms with E-state index in [9.17, 15) is 0 Å². The van der Waals surface area contributed by atoms with Crippen LogP contribution in [0.25, 0.3) is 0 Å². The third-order valence-corrected chi connectivity index (χ3v) is 5.05. The Kier molecular flexibility index (Phi) is 4.73. The van der Waals surface area contributed by atoms with Gasteiger partial charge in [0, 0.05) is 29.9 Å². The number of hydrogen-bond donors (Lipinski definition) is 1. The van der Waals surface area contributed by atoms with Gasteiger partial charge in [0.1, 0.15) is 0 Å². The first-order chi connectivity index (χ1) is 10.3. The molecule has 1 atom stereocenters. The minimum absolute atomic E-state index is 0.639. The molecule has 3 rings (SSSR count). The van der Waals surface area contributed by atoms with Crippen molar-refractivity contribution in [1.29, 1.82) is 0 Å². The van der Waals surface area contributed by atoms with E-state index in [0.29, 0.717) is 12.0 Å². The highest BCUT2D eigenvalue weighted by molar-refractivity contribution is 5.30. The van der Waals surface area contributed by atoms with Gasteiger partial charge in [-0.05, 0) is 51.8 Å². The zero-order chi connectivity index (χ0) is 14.7. The molecule has 2 aliphatic rings. The molecule has 2 fully saturated rings. The highest BCUT2D eigenvalue weighted by atomic mass is 15.2. The molecule has 4 nitrogen and oxygen atoms in total. The van der Waals surface area contributed by atoms with Crippen LogP contribution in [0.5, 0.6) is 0 Å². The SMILES string of the molecule is CCN1CCCCC1CNc1nc(C)cc(C2CCC2)n1. The highest BCUT2D eigenvalue weighted by Crippen LogP contribution is 2.35. The van der Waals surface area contributed by atoms with Gasteiger partial charge in [0.25, 0.3) is 0 Å². The fourth-order valence-electron chi connectivity index (χ4n) is 3.50. The molecule has 4 heteroatoms. The van der Waals surface area contributed by atoms with Crippen LogP contribution in [0.4, 0.5) is 5.95 Å². The van der Waals surface area contributed by atoms with Crippen LogP contribution >= 0.6 is 0 Å². The zero-order valence-electron chi connectivity index (χ0n) is 13.4.